The molecule has 0 fully saturated rings. The van der Waals surface area contributed by atoms with Crippen LogP contribution < -0.4 is 11.1 Å². The van der Waals surface area contributed by atoms with Crippen molar-refractivity contribution < 1.29 is 9.59 Å². The molecule has 1 atom stereocenters. The Bertz CT molecular complexity index is 1110. The van der Waals surface area contributed by atoms with E-state index in [0.717, 1.165) is 22.9 Å². The Labute approximate surface area is 170 Å². The van der Waals surface area contributed by atoms with E-state index in [-0.39, 0.29) is 11.5 Å². The van der Waals surface area contributed by atoms with Gasteiger partial charge in [0.2, 0.25) is 5.91 Å². The van der Waals surface area contributed by atoms with Gasteiger partial charge in [-0.1, -0.05) is 59.8 Å². The number of dihydropyridines is 1. The van der Waals surface area contributed by atoms with Gasteiger partial charge in [0.05, 0.1) is 34.0 Å². The number of halogens is 1. The van der Waals surface area contributed by atoms with Crippen molar-refractivity contribution in [3.05, 3.63) is 86.4 Å². The lowest BCUT2D eigenvalue weighted by Gasteiger charge is -2.28. The van der Waals surface area contributed by atoms with Crippen molar-refractivity contribution in [3.63, 3.8) is 0 Å². The summed E-state index contributed by atoms with van der Waals surface area (Å²) in [6, 6.07) is 16.6. The summed E-state index contributed by atoms with van der Waals surface area (Å²) in [6.45, 7) is 0. The molecule has 0 aromatic heterocycles. The Balaban J connectivity index is 1.90. The van der Waals surface area contributed by atoms with Crippen molar-refractivity contribution in [3.8, 4) is 6.07 Å². The second kappa shape index (κ2) is 7.19. The van der Waals surface area contributed by atoms with E-state index >= 15 is 0 Å². The first-order chi connectivity index (χ1) is 13.5. The first-order valence-corrected chi connectivity index (χ1v) is 9.83. The van der Waals surface area contributed by atoms with Gasteiger partial charge in [0, 0.05) is 21.7 Å². The molecule has 2 aliphatic rings. The number of nitrogens with two attached hydrogens (primary N) is 1. The number of allylic oxidation sites excluding steroid dienone is 2. The maximum atomic E-state index is 13.2. The third kappa shape index (κ3) is 2.99. The molecular weight excluding hydrogens is 394 g/mol. The lowest BCUT2D eigenvalue weighted by Crippen LogP contribution is -2.25. The quantitative estimate of drug-likeness (QED) is 0.807. The molecule has 0 saturated heterocycles. The number of ketones is 1. The normalized spacial score (nSPS) is 17.7. The van der Waals surface area contributed by atoms with E-state index in [1.165, 1.54) is 0 Å². The summed E-state index contributed by atoms with van der Waals surface area (Å²) in [5.41, 5.74) is 9.04. The molecule has 138 valence electrons. The fourth-order valence-electron chi connectivity index (χ4n) is 3.53. The van der Waals surface area contributed by atoms with Crippen molar-refractivity contribution in [2.75, 3.05) is 5.75 Å². The fraction of sp³-hybridized carbons (Fsp3) is 0.0952. The number of fused-ring (bicyclic) bond motifs is 2. The van der Waals surface area contributed by atoms with Crippen LogP contribution in [0.4, 0.5) is 0 Å². The number of rotatable bonds is 4. The van der Waals surface area contributed by atoms with Crippen LogP contribution in [0.25, 0.3) is 5.70 Å². The minimum Gasteiger partial charge on any atom is -0.369 e. The molecule has 28 heavy (non-hydrogen) atoms. The third-order valence-electron chi connectivity index (χ3n) is 4.70. The van der Waals surface area contributed by atoms with E-state index in [1.54, 1.807) is 18.2 Å². The van der Waals surface area contributed by atoms with Crippen LogP contribution in [0.15, 0.2) is 64.7 Å². The van der Waals surface area contributed by atoms with Gasteiger partial charge in [-0.25, -0.2) is 0 Å². The number of hydrogen-bond donors (Lipinski definition) is 2. The molecule has 4 rings (SSSR count). The number of primary amides is 1. The van der Waals surface area contributed by atoms with Gasteiger partial charge in [0.15, 0.2) is 5.78 Å². The van der Waals surface area contributed by atoms with Gasteiger partial charge in [-0.05, 0) is 17.7 Å². The average molecular weight is 408 g/mol. The summed E-state index contributed by atoms with van der Waals surface area (Å²) in [4.78, 5) is 24.5. The second-order valence-electron chi connectivity index (χ2n) is 6.38. The number of thioether (sulfide) groups is 1. The highest BCUT2D eigenvalue weighted by molar-refractivity contribution is 8.03. The number of carbonyl (C=O) groups excluding carboxylic acids is 2. The first kappa shape index (κ1) is 18.4. The molecule has 1 aliphatic heterocycles. The van der Waals surface area contributed by atoms with Gasteiger partial charge in [0.1, 0.15) is 0 Å². The second-order valence-corrected chi connectivity index (χ2v) is 7.80. The molecule has 1 amide bonds. The third-order valence-corrected chi connectivity index (χ3v) is 5.99. The van der Waals surface area contributed by atoms with Crippen molar-refractivity contribution in [1.82, 2.24) is 5.32 Å². The lowest BCUT2D eigenvalue weighted by atomic mass is 9.82. The van der Waals surface area contributed by atoms with E-state index in [0.29, 0.717) is 32.5 Å². The van der Waals surface area contributed by atoms with Crippen LogP contribution >= 0.6 is 23.4 Å². The zero-order chi connectivity index (χ0) is 19.8. The number of benzene rings is 2. The Kier molecular flexibility index (Phi) is 4.71. The monoisotopic (exact) mass is 407 g/mol. The maximum Gasteiger partial charge on any atom is 0.227 e. The number of nitrogens with one attached hydrogen (secondary N) is 1. The van der Waals surface area contributed by atoms with Crippen molar-refractivity contribution in [2.45, 2.75) is 5.92 Å². The van der Waals surface area contributed by atoms with Crippen LogP contribution in [-0.4, -0.2) is 17.4 Å². The Morgan fingerprint density at radius 1 is 1.18 bits per heavy atom. The van der Waals surface area contributed by atoms with E-state index < -0.39 is 11.8 Å². The van der Waals surface area contributed by atoms with Crippen LogP contribution in [0.1, 0.15) is 27.4 Å². The molecule has 5 nitrogen and oxygen atoms in total. The van der Waals surface area contributed by atoms with Crippen LogP contribution in [-0.2, 0) is 4.79 Å². The summed E-state index contributed by atoms with van der Waals surface area (Å²) in [7, 11) is 0. The number of amides is 1. The molecule has 0 unspecified atom stereocenters. The van der Waals surface area contributed by atoms with Crippen molar-refractivity contribution >= 4 is 40.8 Å². The molecule has 0 bridgehead atoms. The molecule has 3 N–H and O–H groups in total. The predicted octanol–water partition coefficient (Wildman–Crippen LogP) is 3.59. The van der Waals surface area contributed by atoms with Gasteiger partial charge >= 0.3 is 0 Å². The average Bonchev–Trinajstić information content (AvgIpc) is 2.98. The van der Waals surface area contributed by atoms with Crippen LogP contribution in [0, 0.1) is 11.3 Å². The molecular formula is C21H14ClN3O2S. The molecule has 7 heteroatoms. The van der Waals surface area contributed by atoms with Crippen LogP contribution in [0.5, 0.6) is 0 Å². The summed E-state index contributed by atoms with van der Waals surface area (Å²) >= 11 is 7.19. The summed E-state index contributed by atoms with van der Waals surface area (Å²) < 4.78 is 0. The molecule has 0 radical (unpaired) electrons. The van der Waals surface area contributed by atoms with E-state index in [4.69, 9.17) is 17.3 Å². The predicted molar refractivity (Wildman–Crippen MR) is 109 cm³/mol. The zero-order valence-electron chi connectivity index (χ0n) is 14.5. The van der Waals surface area contributed by atoms with E-state index in [2.05, 4.69) is 11.4 Å². The Morgan fingerprint density at radius 2 is 1.86 bits per heavy atom. The SMILES string of the molecule is N#CC1=C(SCC(N)=O)NC2=C(C(=O)c3ccccc32)[C@H]1c1ccc(Cl)cc1. The standard InChI is InChI=1S/C21H14ClN3O2S/c22-12-7-5-11(6-8-12)17-15(9-23)21(28-10-16(24)26)25-19-13-3-1-2-4-14(13)20(27)18(17)19/h1-8,17,25H,10H2,(H2,24,26)/t17-/m0/s1. The number of nitriles is 1. The van der Waals surface area contributed by atoms with Crippen molar-refractivity contribution in [1.29, 1.82) is 5.26 Å². The molecule has 2 aromatic carbocycles. The highest BCUT2D eigenvalue weighted by Gasteiger charge is 2.41. The van der Waals surface area contributed by atoms with Crippen LogP contribution in [0.2, 0.25) is 5.02 Å². The summed E-state index contributed by atoms with van der Waals surface area (Å²) in [5.74, 6) is -1.11. The number of hydrogen-bond acceptors (Lipinski definition) is 5. The Morgan fingerprint density at radius 3 is 2.50 bits per heavy atom. The van der Waals surface area contributed by atoms with Crippen molar-refractivity contribution in [2.24, 2.45) is 5.73 Å². The summed E-state index contributed by atoms with van der Waals surface area (Å²) in [6.07, 6.45) is 0. The lowest BCUT2D eigenvalue weighted by molar-refractivity contribution is -0.115. The maximum absolute atomic E-state index is 13.2. The van der Waals surface area contributed by atoms with E-state index in [9.17, 15) is 14.9 Å². The molecule has 0 spiro atoms. The highest BCUT2D eigenvalue weighted by Crippen LogP contribution is 2.47. The molecule has 0 saturated carbocycles. The van der Waals surface area contributed by atoms with Gasteiger partial charge < -0.3 is 11.1 Å². The number of carbonyl (C=O) groups is 2. The van der Waals surface area contributed by atoms with Gasteiger partial charge in [-0.15, -0.1) is 0 Å². The van der Waals surface area contributed by atoms with Gasteiger partial charge in [-0.3, -0.25) is 9.59 Å². The fourth-order valence-corrected chi connectivity index (χ4v) is 4.44. The minimum absolute atomic E-state index is 0.0268. The minimum atomic E-state index is -0.547. The highest BCUT2D eigenvalue weighted by atomic mass is 35.5. The molecule has 1 heterocycles. The van der Waals surface area contributed by atoms with Crippen LogP contribution in [0.3, 0.4) is 0 Å². The zero-order valence-corrected chi connectivity index (χ0v) is 16.1. The van der Waals surface area contributed by atoms with E-state index in [1.807, 2.05) is 30.3 Å². The first-order valence-electron chi connectivity index (χ1n) is 8.47. The smallest absolute Gasteiger partial charge is 0.227 e. The Hall–Kier alpha value is -3.01. The largest absolute Gasteiger partial charge is 0.369 e. The topological polar surface area (TPSA) is 96.0 Å². The number of nitrogens with zero attached hydrogens (tertiary/aromatic N) is 1. The molecule has 1 aliphatic carbocycles. The van der Waals surface area contributed by atoms with Gasteiger partial charge in [-0.2, -0.15) is 5.26 Å². The van der Waals surface area contributed by atoms with Gasteiger partial charge in [0.25, 0.3) is 0 Å². The number of Topliss-reactive ketones (excluding diaryl/α,β-unsaturated/α-hetero) is 1. The molecule has 2 aromatic rings. The summed E-state index contributed by atoms with van der Waals surface area (Å²) in [5, 5.41) is 14.2.